The molecule has 0 radical (unpaired) electrons. The second-order valence-corrected chi connectivity index (χ2v) is 6.17. The molecular weight excluding hydrogens is 391 g/mol. The third kappa shape index (κ3) is 5.51. The number of methoxy groups -OCH3 is 1. The summed E-state index contributed by atoms with van der Waals surface area (Å²) in [6, 6.07) is 9.26. The Kier molecular flexibility index (Phi) is 7.51. The summed E-state index contributed by atoms with van der Waals surface area (Å²) in [6.07, 6.45) is -4.02. The largest absolute Gasteiger partial charge is 0.493 e. The van der Waals surface area contributed by atoms with Crippen LogP contribution >= 0.6 is 12.2 Å². The predicted octanol–water partition coefficient (Wildman–Crippen LogP) is 5.59. The molecule has 4 nitrogen and oxygen atoms in total. The lowest BCUT2D eigenvalue weighted by Gasteiger charge is -2.19. The topological polar surface area (TPSA) is 39.7 Å². The minimum Gasteiger partial charge on any atom is -0.493 e. The zero-order valence-electron chi connectivity index (χ0n) is 15.9. The van der Waals surface area contributed by atoms with Gasteiger partial charge < -0.3 is 19.5 Å². The number of benzene rings is 2. The quantitative estimate of drug-likeness (QED) is 0.599. The summed E-state index contributed by atoms with van der Waals surface area (Å²) in [5.74, 6) is 0.251. The van der Waals surface area contributed by atoms with Crippen molar-refractivity contribution in [1.82, 2.24) is 0 Å². The highest BCUT2D eigenvalue weighted by Gasteiger charge is 2.34. The number of hydrogen-bond acceptors (Lipinski definition) is 4. The first-order valence-corrected chi connectivity index (χ1v) is 9.13. The summed E-state index contributed by atoms with van der Waals surface area (Å²) in [5.41, 5.74) is 0.859. The summed E-state index contributed by atoms with van der Waals surface area (Å²) in [5, 5.41) is 3.01. The first-order valence-electron chi connectivity index (χ1n) is 8.72. The number of aryl methyl sites for hydroxylation is 1. The summed E-state index contributed by atoms with van der Waals surface area (Å²) in [4.78, 5) is 0. The highest BCUT2D eigenvalue weighted by Crippen LogP contribution is 2.38. The Hall–Kier alpha value is -2.48. The van der Waals surface area contributed by atoms with Gasteiger partial charge in [-0.3, -0.25) is 0 Å². The first kappa shape index (κ1) is 21.8. The van der Waals surface area contributed by atoms with E-state index in [-0.39, 0.29) is 17.5 Å². The molecular formula is C20H22F3NO3S. The van der Waals surface area contributed by atoms with Crippen LogP contribution in [0.3, 0.4) is 0 Å². The lowest BCUT2D eigenvalue weighted by Crippen LogP contribution is -2.14. The third-order valence-corrected chi connectivity index (χ3v) is 4.25. The number of halogens is 3. The normalized spacial score (nSPS) is 11.1. The zero-order valence-corrected chi connectivity index (χ0v) is 16.7. The fourth-order valence-electron chi connectivity index (χ4n) is 2.58. The van der Waals surface area contributed by atoms with Crippen LogP contribution in [0.15, 0.2) is 36.4 Å². The number of hydrogen-bond donors (Lipinski definition) is 1. The van der Waals surface area contributed by atoms with Crippen molar-refractivity contribution in [3.63, 3.8) is 0 Å². The van der Waals surface area contributed by atoms with Crippen molar-refractivity contribution >= 4 is 23.1 Å². The van der Waals surface area contributed by atoms with Crippen LogP contribution in [0.4, 0.5) is 18.9 Å². The monoisotopic (exact) mass is 413 g/mol. The van der Waals surface area contributed by atoms with Crippen LogP contribution in [-0.2, 0) is 23.9 Å². The van der Waals surface area contributed by atoms with E-state index in [1.54, 1.807) is 31.2 Å². The van der Waals surface area contributed by atoms with E-state index < -0.39 is 11.7 Å². The van der Waals surface area contributed by atoms with Gasteiger partial charge in [-0.15, -0.1) is 0 Å². The number of rotatable bonds is 7. The van der Waals surface area contributed by atoms with Crippen molar-refractivity contribution in [3.8, 4) is 11.5 Å². The maximum atomic E-state index is 13.4. The average molecular weight is 413 g/mol. The maximum absolute atomic E-state index is 13.4. The van der Waals surface area contributed by atoms with E-state index in [4.69, 9.17) is 26.4 Å². The lowest BCUT2D eigenvalue weighted by atomic mass is 10.1. The molecule has 0 aliphatic heterocycles. The van der Waals surface area contributed by atoms with Crippen LogP contribution in [-0.4, -0.2) is 18.9 Å². The molecule has 0 saturated carbocycles. The van der Waals surface area contributed by atoms with Gasteiger partial charge in [-0.25, -0.2) is 0 Å². The van der Waals surface area contributed by atoms with Crippen LogP contribution in [0.5, 0.6) is 11.5 Å². The van der Waals surface area contributed by atoms with E-state index in [1.165, 1.54) is 13.2 Å². The SMILES string of the molecule is CCOc1cccc(NC(=S)OC)c1COc1ccc(CC)cc1C(F)(F)F. The molecule has 0 aliphatic rings. The van der Waals surface area contributed by atoms with Gasteiger partial charge in [0.2, 0.25) is 0 Å². The van der Waals surface area contributed by atoms with Crippen LogP contribution in [0.25, 0.3) is 0 Å². The van der Waals surface area contributed by atoms with Gasteiger partial charge in [0.05, 0.1) is 30.5 Å². The van der Waals surface area contributed by atoms with Crippen molar-refractivity contribution in [1.29, 1.82) is 0 Å². The Balaban J connectivity index is 2.37. The molecule has 0 bridgehead atoms. The molecule has 28 heavy (non-hydrogen) atoms. The fourth-order valence-corrected chi connectivity index (χ4v) is 2.69. The number of alkyl halides is 3. The lowest BCUT2D eigenvalue weighted by molar-refractivity contribution is -0.139. The van der Waals surface area contributed by atoms with Gasteiger partial charge in [0.1, 0.15) is 18.1 Å². The van der Waals surface area contributed by atoms with E-state index in [1.807, 2.05) is 6.92 Å². The van der Waals surface area contributed by atoms with Crippen molar-refractivity contribution in [2.45, 2.75) is 33.1 Å². The number of nitrogens with one attached hydrogen (secondary N) is 1. The van der Waals surface area contributed by atoms with Crippen molar-refractivity contribution in [2.24, 2.45) is 0 Å². The minimum atomic E-state index is -4.52. The molecule has 1 N–H and O–H groups in total. The molecule has 2 rings (SSSR count). The number of thiocarbonyl (C=S) groups is 1. The molecule has 0 fully saturated rings. The first-order chi connectivity index (χ1) is 13.3. The minimum absolute atomic E-state index is 0.123. The highest BCUT2D eigenvalue weighted by molar-refractivity contribution is 7.80. The van der Waals surface area contributed by atoms with Gasteiger partial charge in [-0.05, 0) is 55.4 Å². The van der Waals surface area contributed by atoms with E-state index >= 15 is 0 Å². The molecule has 0 aromatic heterocycles. The molecule has 0 amide bonds. The van der Waals surface area contributed by atoms with Gasteiger partial charge in [-0.2, -0.15) is 13.2 Å². The van der Waals surface area contributed by atoms with Crippen LogP contribution < -0.4 is 14.8 Å². The maximum Gasteiger partial charge on any atom is 0.419 e. The summed E-state index contributed by atoms with van der Waals surface area (Å²) >= 11 is 5.02. The van der Waals surface area contributed by atoms with Gasteiger partial charge in [0, 0.05) is 0 Å². The average Bonchev–Trinajstić information content (AvgIpc) is 2.66. The van der Waals surface area contributed by atoms with E-state index in [2.05, 4.69) is 5.32 Å². The van der Waals surface area contributed by atoms with Crippen molar-refractivity contribution < 1.29 is 27.4 Å². The van der Waals surface area contributed by atoms with E-state index in [9.17, 15) is 13.2 Å². The van der Waals surface area contributed by atoms with Crippen molar-refractivity contribution in [2.75, 3.05) is 19.0 Å². The van der Waals surface area contributed by atoms with Crippen LogP contribution in [0.2, 0.25) is 0 Å². The van der Waals surface area contributed by atoms with Crippen LogP contribution in [0.1, 0.15) is 30.5 Å². The molecule has 0 saturated heterocycles. The Labute approximate surface area is 167 Å². The molecule has 8 heteroatoms. The fraction of sp³-hybridized carbons (Fsp3) is 0.350. The van der Waals surface area contributed by atoms with E-state index in [0.29, 0.717) is 35.6 Å². The zero-order chi connectivity index (χ0) is 20.7. The van der Waals surface area contributed by atoms with Gasteiger partial charge in [-0.1, -0.05) is 19.1 Å². The number of ether oxygens (including phenoxy) is 3. The van der Waals surface area contributed by atoms with Gasteiger partial charge in [0.15, 0.2) is 0 Å². The van der Waals surface area contributed by atoms with Crippen LogP contribution in [0, 0.1) is 0 Å². The van der Waals surface area contributed by atoms with E-state index in [0.717, 1.165) is 6.07 Å². The molecule has 0 spiro atoms. The molecule has 0 atom stereocenters. The standard InChI is InChI=1S/C20H22F3NO3S/c1-4-13-9-10-18(15(11-13)20(21,22)23)27-12-14-16(24-19(28)25-3)7-6-8-17(14)26-5-2/h6-11H,4-5,12H2,1-3H3,(H,24,28). The van der Waals surface area contributed by atoms with Gasteiger partial charge in [0.25, 0.3) is 5.17 Å². The smallest absolute Gasteiger partial charge is 0.419 e. The number of anilines is 1. The molecule has 0 heterocycles. The summed E-state index contributed by atoms with van der Waals surface area (Å²) in [7, 11) is 1.42. The summed E-state index contributed by atoms with van der Waals surface area (Å²) in [6.45, 7) is 3.87. The second kappa shape index (κ2) is 9.64. The highest BCUT2D eigenvalue weighted by atomic mass is 32.1. The third-order valence-electron chi connectivity index (χ3n) is 3.98. The molecule has 2 aromatic rings. The van der Waals surface area contributed by atoms with Crippen molar-refractivity contribution in [3.05, 3.63) is 53.1 Å². The molecule has 0 aliphatic carbocycles. The Bertz CT molecular complexity index is 825. The van der Waals surface area contributed by atoms with Gasteiger partial charge >= 0.3 is 6.18 Å². The predicted molar refractivity (Wildman–Crippen MR) is 106 cm³/mol. The Morgan fingerprint density at radius 2 is 1.82 bits per heavy atom. The molecule has 2 aromatic carbocycles. The molecule has 0 unspecified atom stereocenters. The molecule has 152 valence electrons. The second-order valence-electron chi connectivity index (χ2n) is 5.80. The Morgan fingerprint density at radius 1 is 1.07 bits per heavy atom. The Morgan fingerprint density at radius 3 is 2.43 bits per heavy atom. The summed E-state index contributed by atoms with van der Waals surface area (Å²) < 4.78 is 56.4.